The van der Waals surface area contributed by atoms with Crippen molar-refractivity contribution >= 4 is 0 Å². The molecular formula is C11H12F6N2. The van der Waals surface area contributed by atoms with E-state index >= 15 is 0 Å². The summed E-state index contributed by atoms with van der Waals surface area (Å²) in [5, 5.41) is 3.40. The summed E-state index contributed by atoms with van der Waals surface area (Å²) < 4.78 is 75.6. The molecule has 1 aliphatic carbocycles. The van der Waals surface area contributed by atoms with Gasteiger partial charge in [0.2, 0.25) is 0 Å². The molecule has 1 fully saturated rings. The molecule has 1 aromatic heterocycles. The Morgan fingerprint density at radius 3 is 2.00 bits per heavy atom. The minimum absolute atomic E-state index is 0.0601. The molecule has 1 heterocycles. The van der Waals surface area contributed by atoms with E-state index in [0.29, 0.717) is 0 Å². The lowest BCUT2D eigenvalue weighted by atomic mass is 9.86. The van der Waals surface area contributed by atoms with E-state index in [0.717, 1.165) is 10.7 Å². The molecule has 0 atom stereocenters. The van der Waals surface area contributed by atoms with Crippen molar-refractivity contribution in [3.63, 3.8) is 0 Å². The first-order chi connectivity index (χ1) is 8.68. The fourth-order valence-corrected chi connectivity index (χ4v) is 2.36. The van der Waals surface area contributed by atoms with Gasteiger partial charge in [-0.2, -0.15) is 31.4 Å². The summed E-state index contributed by atoms with van der Waals surface area (Å²) in [4.78, 5) is 0. The monoisotopic (exact) mass is 286 g/mol. The van der Waals surface area contributed by atoms with E-state index in [2.05, 4.69) is 5.10 Å². The Hall–Kier alpha value is -1.21. The highest BCUT2D eigenvalue weighted by Crippen LogP contribution is 2.41. The lowest BCUT2D eigenvalue weighted by Gasteiger charge is -2.29. The van der Waals surface area contributed by atoms with Gasteiger partial charge in [0.15, 0.2) is 5.69 Å². The van der Waals surface area contributed by atoms with Crippen LogP contribution in [0.4, 0.5) is 26.3 Å². The summed E-state index contributed by atoms with van der Waals surface area (Å²) in [6, 6.07) is 0.463. The first-order valence-electron chi connectivity index (χ1n) is 5.87. The molecule has 0 aliphatic heterocycles. The standard InChI is InChI=1S/C11H12F6N2/c12-10(13,14)7-1-3-8(4-2-7)19-6-5-9(18-19)11(15,16)17/h5-8H,1-4H2. The predicted octanol–water partition coefficient (Wildman–Crippen LogP) is 4.20. The first kappa shape index (κ1) is 14.2. The van der Waals surface area contributed by atoms with Gasteiger partial charge in [0.25, 0.3) is 0 Å². The number of nitrogens with zero attached hydrogens (tertiary/aromatic N) is 2. The second-order valence-electron chi connectivity index (χ2n) is 4.73. The zero-order valence-corrected chi connectivity index (χ0v) is 9.80. The summed E-state index contributed by atoms with van der Waals surface area (Å²) in [6.07, 6.45) is -7.28. The normalized spacial score (nSPS) is 25.6. The highest BCUT2D eigenvalue weighted by molar-refractivity contribution is 5.04. The molecule has 2 nitrogen and oxygen atoms in total. The SMILES string of the molecule is FC(F)(F)c1ccn(C2CCC(C(F)(F)F)CC2)n1. The lowest BCUT2D eigenvalue weighted by molar-refractivity contribution is -0.183. The van der Waals surface area contributed by atoms with E-state index in [4.69, 9.17) is 0 Å². The third-order valence-corrected chi connectivity index (χ3v) is 3.43. The highest BCUT2D eigenvalue weighted by Gasteiger charge is 2.42. The summed E-state index contributed by atoms with van der Waals surface area (Å²) in [7, 11) is 0. The van der Waals surface area contributed by atoms with Gasteiger partial charge in [-0.15, -0.1) is 0 Å². The Balaban J connectivity index is 2.00. The largest absolute Gasteiger partial charge is 0.435 e. The van der Waals surface area contributed by atoms with Crippen LogP contribution in [0.1, 0.15) is 37.4 Å². The highest BCUT2D eigenvalue weighted by atomic mass is 19.4. The van der Waals surface area contributed by atoms with Gasteiger partial charge in [-0.05, 0) is 31.7 Å². The number of hydrogen-bond donors (Lipinski definition) is 0. The fourth-order valence-electron chi connectivity index (χ4n) is 2.36. The van der Waals surface area contributed by atoms with Crippen LogP contribution in [0.25, 0.3) is 0 Å². The Morgan fingerprint density at radius 2 is 1.58 bits per heavy atom. The molecule has 2 rings (SSSR count). The second kappa shape index (κ2) is 4.72. The summed E-state index contributed by atoms with van der Waals surface area (Å²) >= 11 is 0. The summed E-state index contributed by atoms with van der Waals surface area (Å²) in [5.41, 5.74) is -1.01. The quantitative estimate of drug-likeness (QED) is 0.708. The maximum atomic E-state index is 12.5. The zero-order chi connectivity index (χ0) is 14.3. The predicted molar refractivity (Wildman–Crippen MR) is 54.3 cm³/mol. The molecule has 0 bridgehead atoms. The van der Waals surface area contributed by atoms with Gasteiger partial charge in [-0.1, -0.05) is 0 Å². The Labute approximate surface area is 105 Å². The van der Waals surface area contributed by atoms with E-state index in [1.807, 2.05) is 0 Å². The van der Waals surface area contributed by atoms with Crippen molar-refractivity contribution in [2.75, 3.05) is 0 Å². The van der Waals surface area contributed by atoms with Crippen molar-refractivity contribution in [3.8, 4) is 0 Å². The second-order valence-corrected chi connectivity index (χ2v) is 4.73. The first-order valence-corrected chi connectivity index (χ1v) is 5.87. The van der Waals surface area contributed by atoms with Gasteiger partial charge < -0.3 is 0 Å². The van der Waals surface area contributed by atoms with Crippen LogP contribution < -0.4 is 0 Å². The van der Waals surface area contributed by atoms with Crippen LogP contribution in [0, 0.1) is 5.92 Å². The minimum atomic E-state index is -4.52. The Kier molecular flexibility index (Phi) is 3.53. The average Bonchev–Trinajstić information content (AvgIpc) is 2.77. The Bertz CT molecular complexity index is 425. The molecule has 0 aromatic carbocycles. The molecular weight excluding hydrogens is 274 g/mol. The van der Waals surface area contributed by atoms with Crippen molar-refractivity contribution in [2.24, 2.45) is 5.92 Å². The summed E-state index contributed by atoms with van der Waals surface area (Å²) in [6.45, 7) is 0. The van der Waals surface area contributed by atoms with Gasteiger partial charge >= 0.3 is 12.4 Å². The van der Waals surface area contributed by atoms with E-state index in [-0.39, 0.29) is 31.7 Å². The third kappa shape index (κ3) is 3.22. The van der Waals surface area contributed by atoms with Gasteiger partial charge in [0.05, 0.1) is 12.0 Å². The van der Waals surface area contributed by atoms with Crippen LogP contribution >= 0.6 is 0 Å². The van der Waals surface area contributed by atoms with Crippen LogP contribution in [-0.2, 0) is 6.18 Å². The molecule has 0 spiro atoms. The van der Waals surface area contributed by atoms with Crippen LogP contribution in [0.5, 0.6) is 0 Å². The molecule has 1 aromatic rings. The Morgan fingerprint density at radius 1 is 1.00 bits per heavy atom. The average molecular weight is 286 g/mol. The maximum absolute atomic E-state index is 12.5. The number of halogens is 6. The molecule has 1 aliphatic rings. The maximum Gasteiger partial charge on any atom is 0.435 e. The van der Waals surface area contributed by atoms with Gasteiger partial charge in [-0.25, -0.2) is 0 Å². The molecule has 0 amide bonds. The van der Waals surface area contributed by atoms with Crippen LogP contribution in [-0.4, -0.2) is 16.0 Å². The smallest absolute Gasteiger partial charge is 0.269 e. The van der Waals surface area contributed by atoms with Crippen molar-refractivity contribution < 1.29 is 26.3 Å². The van der Waals surface area contributed by atoms with Gasteiger partial charge in [-0.3, -0.25) is 4.68 Å². The lowest BCUT2D eigenvalue weighted by Crippen LogP contribution is -2.29. The number of aromatic nitrogens is 2. The number of hydrogen-bond acceptors (Lipinski definition) is 1. The third-order valence-electron chi connectivity index (χ3n) is 3.43. The number of alkyl halides is 6. The minimum Gasteiger partial charge on any atom is -0.269 e. The molecule has 8 heteroatoms. The van der Waals surface area contributed by atoms with Crippen LogP contribution in [0.2, 0.25) is 0 Å². The molecule has 0 unspecified atom stereocenters. The molecule has 0 N–H and O–H groups in total. The molecule has 108 valence electrons. The van der Waals surface area contributed by atoms with Gasteiger partial charge in [0, 0.05) is 6.20 Å². The van der Waals surface area contributed by atoms with Gasteiger partial charge in [0.1, 0.15) is 0 Å². The van der Waals surface area contributed by atoms with Crippen molar-refractivity contribution in [1.29, 1.82) is 0 Å². The molecule has 1 saturated carbocycles. The zero-order valence-electron chi connectivity index (χ0n) is 9.80. The topological polar surface area (TPSA) is 17.8 Å². The fraction of sp³-hybridized carbons (Fsp3) is 0.727. The summed E-state index contributed by atoms with van der Waals surface area (Å²) in [5.74, 6) is -1.35. The van der Waals surface area contributed by atoms with Crippen molar-refractivity contribution in [2.45, 2.75) is 44.1 Å². The van der Waals surface area contributed by atoms with Crippen molar-refractivity contribution in [3.05, 3.63) is 18.0 Å². The molecule has 0 radical (unpaired) electrons. The van der Waals surface area contributed by atoms with E-state index < -0.39 is 24.0 Å². The molecule has 0 saturated heterocycles. The van der Waals surface area contributed by atoms with Crippen molar-refractivity contribution in [1.82, 2.24) is 9.78 Å². The van der Waals surface area contributed by atoms with E-state index in [1.165, 1.54) is 6.20 Å². The van der Waals surface area contributed by atoms with Crippen LogP contribution in [0.3, 0.4) is 0 Å². The van der Waals surface area contributed by atoms with E-state index in [9.17, 15) is 26.3 Å². The van der Waals surface area contributed by atoms with Crippen LogP contribution in [0.15, 0.2) is 12.3 Å². The number of rotatable bonds is 1. The molecule has 19 heavy (non-hydrogen) atoms. The van der Waals surface area contributed by atoms with E-state index in [1.54, 1.807) is 0 Å².